The highest BCUT2D eigenvalue weighted by Crippen LogP contribution is 2.40. The molecule has 0 fully saturated rings. The minimum absolute atomic E-state index is 0.0167. The number of fused-ring (bicyclic) bond motifs is 8. The van der Waals surface area contributed by atoms with Gasteiger partial charge in [-0.05, 0) is 116 Å². The van der Waals surface area contributed by atoms with Gasteiger partial charge in [-0.2, -0.15) is 0 Å². The summed E-state index contributed by atoms with van der Waals surface area (Å²) in [7, 11) is 0. The number of aromatic hydroxyl groups is 1. The molecule has 0 atom stereocenters. The minimum Gasteiger partial charge on any atom is -0.508 e. The number of H-pyrrole nitrogens is 2. The van der Waals surface area contributed by atoms with Crippen molar-refractivity contribution < 1.29 is 5.11 Å². The van der Waals surface area contributed by atoms with Crippen LogP contribution in [0.1, 0.15) is 102 Å². The highest BCUT2D eigenvalue weighted by Gasteiger charge is 2.22. The molecule has 9 rings (SSSR count). The van der Waals surface area contributed by atoms with Crippen molar-refractivity contribution in [3.05, 3.63) is 161 Å². The predicted octanol–water partition coefficient (Wildman–Crippen LogP) is 14.9. The summed E-state index contributed by atoms with van der Waals surface area (Å²) >= 11 is 0. The van der Waals surface area contributed by atoms with Crippen molar-refractivity contribution >= 4 is 46.4 Å². The smallest absolute Gasteiger partial charge is 0.115 e. The molecular weight excluding hydrogens is 745 g/mol. The maximum atomic E-state index is 10.4. The molecule has 304 valence electrons. The zero-order valence-corrected chi connectivity index (χ0v) is 36.7. The van der Waals surface area contributed by atoms with E-state index in [0.717, 1.165) is 89.4 Å². The average molecular weight is 799 g/mol. The molecule has 61 heavy (non-hydrogen) atoms. The number of rotatable bonds is 4. The van der Waals surface area contributed by atoms with Gasteiger partial charge in [0.2, 0.25) is 0 Å². The molecule has 3 N–H and O–H groups in total. The second-order valence-electron chi connectivity index (χ2n) is 19.5. The summed E-state index contributed by atoms with van der Waals surface area (Å²) in [4.78, 5) is 18.7. The van der Waals surface area contributed by atoms with Crippen molar-refractivity contribution in [2.45, 2.75) is 78.6 Å². The lowest BCUT2D eigenvalue weighted by Gasteiger charge is -2.19. The number of aromatic amines is 2. The Hall–Kier alpha value is -6.72. The van der Waals surface area contributed by atoms with Gasteiger partial charge in [0.1, 0.15) is 5.75 Å². The maximum absolute atomic E-state index is 10.4. The third kappa shape index (κ3) is 7.66. The third-order valence-electron chi connectivity index (χ3n) is 12.0. The zero-order valence-electron chi connectivity index (χ0n) is 36.7. The fraction of sp³-hybridized carbons (Fsp3) is 0.214. The summed E-state index contributed by atoms with van der Waals surface area (Å²) in [5, 5.41) is 10.4. The van der Waals surface area contributed by atoms with Crippen LogP contribution in [0.15, 0.2) is 121 Å². The molecule has 2 aliphatic heterocycles. The van der Waals surface area contributed by atoms with E-state index in [1.54, 1.807) is 12.1 Å². The Bertz CT molecular complexity index is 2870. The number of nitrogens with zero attached hydrogens (tertiary/aromatic N) is 2. The molecule has 0 saturated carbocycles. The maximum Gasteiger partial charge on any atom is 0.115 e. The van der Waals surface area contributed by atoms with E-state index in [0.29, 0.717) is 0 Å². The van der Waals surface area contributed by atoms with Crippen LogP contribution in [0, 0.1) is 0 Å². The molecule has 5 heteroatoms. The lowest BCUT2D eigenvalue weighted by Crippen LogP contribution is -2.10. The normalized spacial score (nSPS) is 12.9. The van der Waals surface area contributed by atoms with Gasteiger partial charge in [-0.1, -0.05) is 147 Å². The molecular formula is C56H54N4O. The van der Waals surface area contributed by atoms with Gasteiger partial charge < -0.3 is 15.1 Å². The molecule has 5 nitrogen and oxygen atoms in total. The Labute approximate surface area is 359 Å². The van der Waals surface area contributed by atoms with Crippen molar-refractivity contribution in [2.75, 3.05) is 0 Å². The number of nitrogens with one attached hydrogen (secondary N) is 2. The van der Waals surface area contributed by atoms with Gasteiger partial charge in [0.05, 0.1) is 22.8 Å². The van der Waals surface area contributed by atoms with E-state index in [9.17, 15) is 5.11 Å². The average Bonchev–Trinajstić information content (AvgIpc) is 4.06. The van der Waals surface area contributed by atoms with Crippen LogP contribution in [0.2, 0.25) is 0 Å². The summed E-state index contributed by atoms with van der Waals surface area (Å²) in [6.45, 7) is 20.2. The Morgan fingerprint density at radius 1 is 0.328 bits per heavy atom. The zero-order chi connectivity index (χ0) is 42.8. The summed E-state index contributed by atoms with van der Waals surface area (Å²) in [5.74, 6) is 0.220. The van der Waals surface area contributed by atoms with E-state index >= 15 is 0 Å². The Morgan fingerprint density at radius 3 is 0.918 bits per heavy atom. The number of aromatic nitrogens is 4. The standard InChI is InChI=1S/C56H54N4O/c1-54(2,3)38-18-10-34(11-19-38)50-42-26-28-44(57-42)51(35-12-20-39(21-13-35)55(4,5)6)46-30-32-48(59-46)53(37-16-24-41(61)25-17-37)49-33-31-47(60-49)52(45-29-27-43(50)58-45)36-14-22-40(23-15-36)56(7,8)9/h10-33,59-61H,1-9H3. The lowest BCUT2D eigenvalue weighted by atomic mass is 9.86. The van der Waals surface area contributed by atoms with Gasteiger partial charge in [-0.3, -0.25) is 0 Å². The summed E-state index contributed by atoms with van der Waals surface area (Å²) < 4.78 is 0. The molecule has 2 aliphatic rings. The third-order valence-corrected chi connectivity index (χ3v) is 12.0. The molecule has 3 aromatic heterocycles. The number of benzene rings is 4. The van der Waals surface area contributed by atoms with Crippen LogP contribution in [0.4, 0.5) is 0 Å². The number of hydrogen-bond donors (Lipinski definition) is 3. The molecule has 8 bridgehead atoms. The largest absolute Gasteiger partial charge is 0.508 e. The first-order valence-electron chi connectivity index (χ1n) is 21.3. The summed E-state index contributed by atoms with van der Waals surface area (Å²) in [5.41, 5.74) is 19.3. The number of phenolic OH excluding ortho intramolecular Hbond substituents is 1. The van der Waals surface area contributed by atoms with Crippen LogP contribution in [0.25, 0.3) is 90.9 Å². The second kappa shape index (κ2) is 14.8. The predicted molar refractivity (Wildman–Crippen MR) is 258 cm³/mol. The minimum atomic E-state index is 0.0167. The van der Waals surface area contributed by atoms with Crippen LogP contribution in [0.3, 0.4) is 0 Å². The van der Waals surface area contributed by atoms with E-state index in [1.807, 2.05) is 12.1 Å². The van der Waals surface area contributed by atoms with Crippen molar-refractivity contribution in [3.8, 4) is 50.3 Å². The van der Waals surface area contributed by atoms with Crippen molar-refractivity contribution in [3.63, 3.8) is 0 Å². The molecule has 4 aromatic carbocycles. The van der Waals surface area contributed by atoms with Crippen LogP contribution >= 0.6 is 0 Å². The summed E-state index contributed by atoms with van der Waals surface area (Å²) in [6, 6.07) is 42.8. The first-order valence-corrected chi connectivity index (χ1v) is 21.3. The first kappa shape index (κ1) is 39.7. The van der Waals surface area contributed by atoms with E-state index in [4.69, 9.17) is 9.97 Å². The van der Waals surface area contributed by atoms with E-state index in [1.165, 1.54) is 16.7 Å². The molecule has 0 spiro atoms. The van der Waals surface area contributed by atoms with Gasteiger partial charge in [-0.25, -0.2) is 9.97 Å². The SMILES string of the molecule is CC(C)(C)c1ccc(-c2c3nc(c(-c4ccc(C(C)(C)C)cc4)c4ccc([nH]4)c(-c4ccc(O)cc4)c4ccc([nH]4)c(-c4ccc(C(C)(C)C)cc4)c4nc2C=C4)C=C3)cc1. The van der Waals surface area contributed by atoms with Crippen molar-refractivity contribution in [1.29, 1.82) is 0 Å². The molecule has 7 aromatic rings. The van der Waals surface area contributed by atoms with E-state index in [2.05, 4.69) is 194 Å². The monoisotopic (exact) mass is 798 g/mol. The summed E-state index contributed by atoms with van der Waals surface area (Å²) in [6.07, 6.45) is 8.57. The van der Waals surface area contributed by atoms with Crippen molar-refractivity contribution in [2.24, 2.45) is 0 Å². The molecule has 0 unspecified atom stereocenters. The van der Waals surface area contributed by atoms with Gasteiger partial charge in [-0.15, -0.1) is 0 Å². The van der Waals surface area contributed by atoms with Crippen LogP contribution in [-0.2, 0) is 16.2 Å². The quantitative estimate of drug-likeness (QED) is 0.166. The van der Waals surface area contributed by atoms with E-state index in [-0.39, 0.29) is 22.0 Å². The van der Waals surface area contributed by atoms with Crippen LogP contribution in [-0.4, -0.2) is 25.0 Å². The van der Waals surface area contributed by atoms with Crippen molar-refractivity contribution in [1.82, 2.24) is 19.9 Å². The lowest BCUT2D eigenvalue weighted by molar-refractivity contribution is 0.475. The Kier molecular flexibility index (Phi) is 9.62. The molecule has 0 saturated heterocycles. The van der Waals surface area contributed by atoms with Gasteiger partial charge in [0, 0.05) is 44.3 Å². The topological polar surface area (TPSA) is 77.6 Å². The number of hydrogen-bond acceptors (Lipinski definition) is 3. The van der Waals surface area contributed by atoms with Gasteiger partial charge >= 0.3 is 0 Å². The van der Waals surface area contributed by atoms with Crippen LogP contribution in [0.5, 0.6) is 5.75 Å². The molecule has 5 heterocycles. The number of phenols is 1. The molecule has 0 radical (unpaired) electrons. The highest BCUT2D eigenvalue weighted by molar-refractivity contribution is 6.00. The second-order valence-corrected chi connectivity index (χ2v) is 19.5. The Balaban J connectivity index is 1.42. The fourth-order valence-electron chi connectivity index (χ4n) is 8.46. The van der Waals surface area contributed by atoms with Crippen LogP contribution < -0.4 is 0 Å². The van der Waals surface area contributed by atoms with Gasteiger partial charge in [0.25, 0.3) is 0 Å². The molecule has 0 aliphatic carbocycles. The van der Waals surface area contributed by atoms with E-state index < -0.39 is 0 Å². The fourth-order valence-corrected chi connectivity index (χ4v) is 8.46. The first-order chi connectivity index (χ1) is 29.0. The molecule has 0 amide bonds. The highest BCUT2D eigenvalue weighted by atomic mass is 16.3. The Morgan fingerprint density at radius 2 is 0.590 bits per heavy atom. The van der Waals surface area contributed by atoms with Gasteiger partial charge in [0.15, 0.2) is 0 Å².